The van der Waals surface area contributed by atoms with Crippen LogP contribution in [-0.2, 0) is 11.2 Å². The van der Waals surface area contributed by atoms with Crippen LogP contribution in [0.4, 0.5) is 4.39 Å². The Morgan fingerprint density at radius 2 is 1.95 bits per heavy atom. The van der Waals surface area contributed by atoms with Crippen LogP contribution in [0.15, 0.2) is 36.4 Å². The van der Waals surface area contributed by atoms with Crippen LogP contribution in [-0.4, -0.2) is 11.1 Å². The van der Waals surface area contributed by atoms with Gasteiger partial charge in [0.1, 0.15) is 5.82 Å². The Kier molecular flexibility index (Phi) is 4.08. The maximum Gasteiger partial charge on any atom is 0.307 e. The van der Waals surface area contributed by atoms with Gasteiger partial charge >= 0.3 is 5.97 Å². The van der Waals surface area contributed by atoms with Gasteiger partial charge in [0.05, 0.1) is 6.42 Å². The molecule has 0 saturated heterocycles. The third-order valence-corrected chi connectivity index (χ3v) is 3.20. The van der Waals surface area contributed by atoms with E-state index in [0.29, 0.717) is 21.2 Å². The Balaban J connectivity index is 2.66. The molecule has 0 atom stereocenters. The molecule has 2 aromatic rings. The van der Waals surface area contributed by atoms with Crippen molar-refractivity contribution in [2.24, 2.45) is 0 Å². The van der Waals surface area contributed by atoms with Crippen molar-refractivity contribution in [1.29, 1.82) is 0 Å². The van der Waals surface area contributed by atoms with Gasteiger partial charge in [-0.15, -0.1) is 0 Å². The summed E-state index contributed by atoms with van der Waals surface area (Å²) in [6.45, 7) is 0. The Hall–Kier alpha value is -1.58. The fraction of sp³-hybridized carbons (Fsp3) is 0.0714. The monoisotopic (exact) mass is 298 g/mol. The highest BCUT2D eigenvalue weighted by Crippen LogP contribution is 2.34. The molecule has 98 valence electrons. The zero-order chi connectivity index (χ0) is 14.0. The molecule has 2 nitrogen and oxygen atoms in total. The van der Waals surface area contributed by atoms with E-state index in [1.54, 1.807) is 18.2 Å². The fourth-order valence-electron chi connectivity index (χ4n) is 1.87. The summed E-state index contributed by atoms with van der Waals surface area (Å²) in [5.74, 6) is -1.56. The largest absolute Gasteiger partial charge is 0.481 e. The van der Waals surface area contributed by atoms with Crippen LogP contribution in [0.1, 0.15) is 5.56 Å². The summed E-state index contributed by atoms with van der Waals surface area (Å²) < 4.78 is 14.0. The van der Waals surface area contributed by atoms with E-state index in [1.165, 1.54) is 18.2 Å². The number of halogens is 3. The van der Waals surface area contributed by atoms with Gasteiger partial charge in [-0.3, -0.25) is 4.79 Å². The van der Waals surface area contributed by atoms with Crippen LogP contribution in [0.25, 0.3) is 11.1 Å². The average molecular weight is 299 g/mol. The topological polar surface area (TPSA) is 37.3 Å². The van der Waals surface area contributed by atoms with E-state index in [-0.39, 0.29) is 12.0 Å². The minimum atomic E-state index is -1.04. The van der Waals surface area contributed by atoms with Gasteiger partial charge in [-0.05, 0) is 29.8 Å². The highest BCUT2D eigenvalue weighted by Gasteiger charge is 2.16. The molecule has 0 unspecified atom stereocenters. The lowest BCUT2D eigenvalue weighted by Gasteiger charge is -2.11. The van der Waals surface area contributed by atoms with Crippen molar-refractivity contribution in [2.45, 2.75) is 6.42 Å². The Morgan fingerprint density at radius 3 is 2.63 bits per heavy atom. The van der Waals surface area contributed by atoms with Crippen molar-refractivity contribution < 1.29 is 14.3 Å². The molecule has 19 heavy (non-hydrogen) atoms. The first-order valence-corrected chi connectivity index (χ1v) is 6.19. The van der Waals surface area contributed by atoms with Gasteiger partial charge in [-0.1, -0.05) is 35.3 Å². The molecular formula is C14H9Cl2FO2. The van der Waals surface area contributed by atoms with Gasteiger partial charge in [0.25, 0.3) is 0 Å². The zero-order valence-electron chi connectivity index (χ0n) is 9.66. The molecule has 2 rings (SSSR count). The van der Waals surface area contributed by atoms with Gasteiger partial charge in [0.2, 0.25) is 0 Å². The molecule has 0 spiro atoms. The lowest BCUT2D eigenvalue weighted by atomic mass is 9.97. The van der Waals surface area contributed by atoms with E-state index in [4.69, 9.17) is 28.3 Å². The van der Waals surface area contributed by atoms with Crippen LogP contribution in [0, 0.1) is 5.82 Å². The first-order chi connectivity index (χ1) is 8.99. The number of hydrogen-bond donors (Lipinski definition) is 1. The lowest BCUT2D eigenvalue weighted by molar-refractivity contribution is -0.136. The third-order valence-electron chi connectivity index (χ3n) is 2.64. The molecule has 0 radical (unpaired) electrons. The van der Waals surface area contributed by atoms with Crippen molar-refractivity contribution in [3.8, 4) is 11.1 Å². The predicted molar refractivity (Wildman–Crippen MR) is 73.2 cm³/mol. The summed E-state index contributed by atoms with van der Waals surface area (Å²) in [5, 5.41) is 9.60. The predicted octanol–water partition coefficient (Wildman–Crippen LogP) is 4.43. The SMILES string of the molecule is O=C(O)Cc1cccc(F)c1-c1cc(Cl)ccc1Cl. The summed E-state index contributed by atoms with van der Waals surface area (Å²) in [7, 11) is 0. The maximum absolute atomic E-state index is 14.0. The van der Waals surface area contributed by atoms with Gasteiger partial charge in [-0.2, -0.15) is 0 Å². The van der Waals surface area contributed by atoms with Crippen molar-refractivity contribution in [1.82, 2.24) is 0 Å². The number of carboxylic acids is 1. The van der Waals surface area contributed by atoms with E-state index in [0.717, 1.165) is 0 Å². The van der Waals surface area contributed by atoms with Crippen LogP contribution < -0.4 is 0 Å². The molecule has 0 aliphatic carbocycles. The second kappa shape index (κ2) is 5.59. The number of hydrogen-bond acceptors (Lipinski definition) is 1. The van der Waals surface area contributed by atoms with E-state index in [2.05, 4.69) is 0 Å². The summed E-state index contributed by atoms with van der Waals surface area (Å²) in [4.78, 5) is 10.8. The number of carboxylic acid groups (broad SMARTS) is 1. The summed E-state index contributed by atoms with van der Waals surface area (Å²) >= 11 is 11.9. The van der Waals surface area contributed by atoms with Gasteiger partial charge in [0.15, 0.2) is 0 Å². The molecule has 5 heteroatoms. The molecule has 0 aromatic heterocycles. The third kappa shape index (κ3) is 3.06. The summed E-state index contributed by atoms with van der Waals surface area (Å²) in [6, 6.07) is 8.95. The molecule has 0 saturated carbocycles. The molecule has 0 heterocycles. The molecule has 0 fully saturated rings. The number of rotatable bonds is 3. The second-order valence-corrected chi connectivity index (χ2v) is 4.81. The van der Waals surface area contributed by atoms with E-state index in [9.17, 15) is 9.18 Å². The Morgan fingerprint density at radius 1 is 1.21 bits per heavy atom. The Bertz CT molecular complexity index is 641. The van der Waals surface area contributed by atoms with Crippen molar-refractivity contribution in [2.75, 3.05) is 0 Å². The first kappa shape index (κ1) is 13.8. The lowest BCUT2D eigenvalue weighted by Crippen LogP contribution is -2.03. The van der Waals surface area contributed by atoms with Gasteiger partial charge < -0.3 is 5.11 Å². The molecule has 0 aliphatic heterocycles. The van der Waals surface area contributed by atoms with E-state index >= 15 is 0 Å². The number of carbonyl (C=O) groups is 1. The average Bonchev–Trinajstić information content (AvgIpc) is 2.32. The maximum atomic E-state index is 14.0. The normalized spacial score (nSPS) is 10.5. The second-order valence-electron chi connectivity index (χ2n) is 3.97. The molecule has 2 aromatic carbocycles. The minimum Gasteiger partial charge on any atom is -0.481 e. The summed E-state index contributed by atoms with van der Waals surface area (Å²) in [6.07, 6.45) is -0.282. The molecular weight excluding hydrogens is 290 g/mol. The summed E-state index contributed by atoms with van der Waals surface area (Å²) in [5.41, 5.74) is 0.928. The van der Waals surface area contributed by atoms with Crippen LogP contribution in [0.2, 0.25) is 10.0 Å². The van der Waals surface area contributed by atoms with Gasteiger partial charge in [-0.25, -0.2) is 4.39 Å². The smallest absolute Gasteiger partial charge is 0.307 e. The minimum absolute atomic E-state index is 0.178. The van der Waals surface area contributed by atoms with Crippen LogP contribution in [0.3, 0.4) is 0 Å². The highest BCUT2D eigenvalue weighted by atomic mass is 35.5. The quantitative estimate of drug-likeness (QED) is 0.910. The zero-order valence-corrected chi connectivity index (χ0v) is 11.2. The van der Waals surface area contributed by atoms with Gasteiger partial charge in [0, 0.05) is 21.2 Å². The standard InChI is InChI=1S/C14H9Cl2FO2/c15-9-4-5-11(16)10(7-9)14-8(6-13(18)19)2-1-3-12(14)17/h1-5,7H,6H2,(H,18,19). The van der Waals surface area contributed by atoms with E-state index in [1.807, 2.05) is 0 Å². The highest BCUT2D eigenvalue weighted by molar-refractivity contribution is 6.35. The number of benzene rings is 2. The van der Waals surface area contributed by atoms with Crippen molar-refractivity contribution in [3.05, 3.63) is 57.8 Å². The fourth-order valence-corrected chi connectivity index (χ4v) is 2.25. The molecule has 0 amide bonds. The van der Waals surface area contributed by atoms with Crippen LogP contribution in [0.5, 0.6) is 0 Å². The number of aliphatic carboxylic acids is 1. The van der Waals surface area contributed by atoms with Crippen molar-refractivity contribution >= 4 is 29.2 Å². The Labute approximate surface area is 119 Å². The van der Waals surface area contributed by atoms with Crippen LogP contribution >= 0.6 is 23.2 Å². The van der Waals surface area contributed by atoms with Crippen molar-refractivity contribution in [3.63, 3.8) is 0 Å². The first-order valence-electron chi connectivity index (χ1n) is 5.43. The van der Waals surface area contributed by atoms with E-state index < -0.39 is 11.8 Å². The molecule has 0 bridgehead atoms. The molecule has 0 aliphatic rings. The molecule has 1 N–H and O–H groups in total.